The summed E-state index contributed by atoms with van der Waals surface area (Å²) in [6.07, 6.45) is 9.09. The van der Waals surface area contributed by atoms with Crippen molar-refractivity contribution >= 4 is 29.3 Å². The van der Waals surface area contributed by atoms with Crippen molar-refractivity contribution in [2.24, 2.45) is 17.9 Å². The predicted molar refractivity (Wildman–Crippen MR) is 220 cm³/mol. The van der Waals surface area contributed by atoms with E-state index in [-0.39, 0.29) is 46.1 Å². The molecular formula is C43H57F2N11O2. The largest absolute Gasteiger partial charge is 0.383 e. The maximum Gasteiger partial charge on any atom is 0.264 e. The number of hydrogen-bond acceptors (Lipinski definition) is 9. The molecule has 4 aliphatic heterocycles. The number of rotatable bonds is 9. The van der Waals surface area contributed by atoms with Crippen molar-refractivity contribution in [2.45, 2.75) is 97.7 Å². The first kappa shape index (κ1) is 39.9. The van der Waals surface area contributed by atoms with Crippen LogP contribution in [-0.4, -0.2) is 111 Å². The van der Waals surface area contributed by atoms with Crippen LogP contribution in [0, 0.1) is 16.2 Å². The number of anilines is 2. The fourth-order valence-electron chi connectivity index (χ4n) is 10.5. The summed E-state index contributed by atoms with van der Waals surface area (Å²) in [5, 5.41) is 20.7. The topological polar surface area (TPSA) is 139 Å². The molecule has 0 unspecified atom stereocenters. The lowest BCUT2D eigenvalue weighted by Gasteiger charge is -2.57. The number of aryl methyl sites for hydroxylation is 2. The first-order valence-electron chi connectivity index (χ1n) is 20.7. The maximum absolute atomic E-state index is 14.6. The lowest BCUT2D eigenvalue weighted by atomic mass is 9.52. The third-order valence-corrected chi connectivity index (χ3v) is 13.2. The quantitative estimate of drug-likeness (QED) is 0.188. The number of fused-ring (bicyclic) bond motifs is 1. The molecule has 2 aromatic heterocycles. The minimum absolute atomic E-state index is 0.0466. The van der Waals surface area contributed by atoms with Crippen LogP contribution in [0.4, 0.5) is 20.4 Å². The van der Waals surface area contributed by atoms with Crippen LogP contribution in [0.1, 0.15) is 94.6 Å². The van der Waals surface area contributed by atoms with Crippen molar-refractivity contribution in [3.63, 3.8) is 0 Å². The van der Waals surface area contributed by atoms with Crippen molar-refractivity contribution in [3.05, 3.63) is 64.9 Å². The van der Waals surface area contributed by atoms with Crippen LogP contribution in [-0.2, 0) is 18.3 Å². The van der Waals surface area contributed by atoms with Crippen LogP contribution in [0.25, 0.3) is 11.1 Å². The van der Waals surface area contributed by atoms with Crippen LogP contribution in [0.15, 0.2) is 48.2 Å². The van der Waals surface area contributed by atoms with Crippen molar-refractivity contribution in [1.82, 2.24) is 40.2 Å². The molecule has 2 saturated heterocycles. The van der Waals surface area contributed by atoms with Gasteiger partial charge in [0, 0.05) is 118 Å². The monoisotopic (exact) mass is 797 g/mol. The normalized spacial score (nSPS) is 21.4. The Morgan fingerprint density at radius 1 is 0.966 bits per heavy atom. The van der Waals surface area contributed by atoms with Gasteiger partial charge in [0.2, 0.25) is 11.9 Å². The molecule has 1 saturated carbocycles. The summed E-state index contributed by atoms with van der Waals surface area (Å²) in [7, 11) is 1.77. The van der Waals surface area contributed by atoms with E-state index >= 15 is 0 Å². The van der Waals surface area contributed by atoms with Gasteiger partial charge in [-0.2, -0.15) is 5.10 Å². The van der Waals surface area contributed by atoms with Gasteiger partial charge in [-0.15, -0.1) is 0 Å². The number of alkyl halides is 2. The maximum atomic E-state index is 14.6. The van der Waals surface area contributed by atoms with Gasteiger partial charge in [-0.05, 0) is 66.2 Å². The van der Waals surface area contributed by atoms with Gasteiger partial charge in [-0.1, -0.05) is 27.7 Å². The Labute approximate surface area is 339 Å². The van der Waals surface area contributed by atoms with E-state index in [4.69, 9.17) is 0 Å². The molecule has 3 aromatic rings. The number of nitrogens with zero attached hydrogens (tertiary/aromatic N) is 8. The summed E-state index contributed by atoms with van der Waals surface area (Å²) in [6.45, 7) is 15.1. The second-order valence-corrected chi connectivity index (χ2v) is 18.4. The fourth-order valence-corrected chi connectivity index (χ4v) is 10.5. The summed E-state index contributed by atoms with van der Waals surface area (Å²) < 4.78 is 30.7. The molecule has 0 atom stereocenters. The van der Waals surface area contributed by atoms with Crippen LogP contribution in [0.5, 0.6) is 0 Å². The SMILES string of the molecule is CC(=O)N1CCC(NC2CN(C3CCN(c4ncc(C(=O)NC5C(C)(C)CC5(C)C)cn4)CC3)C2)=C(C(=N)N2CCCc3cc(-c4cnn(C)c4)c(C(F)F)cc32)C1. The van der Waals surface area contributed by atoms with Gasteiger partial charge in [0.25, 0.3) is 12.3 Å². The zero-order chi connectivity index (χ0) is 41.1. The highest BCUT2D eigenvalue weighted by Crippen LogP contribution is 2.53. The van der Waals surface area contributed by atoms with Crippen molar-refractivity contribution < 1.29 is 18.4 Å². The third kappa shape index (κ3) is 7.69. The van der Waals surface area contributed by atoms with E-state index in [0.717, 1.165) is 75.1 Å². The summed E-state index contributed by atoms with van der Waals surface area (Å²) in [4.78, 5) is 43.1. The third-order valence-electron chi connectivity index (χ3n) is 13.2. The molecule has 3 N–H and O–H groups in total. The van der Waals surface area contributed by atoms with Crippen LogP contribution in [0.3, 0.4) is 0 Å². The summed E-state index contributed by atoms with van der Waals surface area (Å²) >= 11 is 0. The molecule has 1 aliphatic carbocycles. The van der Waals surface area contributed by atoms with E-state index in [0.29, 0.717) is 60.4 Å². The van der Waals surface area contributed by atoms with E-state index in [2.05, 4.69) is 63.2 Å². The lowest BCUT2D eigenvalue weighted by Crippen LogP contribution is -2.63. The molecular weight excluding hydrogens is 741 g/mol. The standard InChI is InChI=1S/C43H57F2N11O2/c1-26(57)54-15-11-35(34(24-54)38(46)56-12-7-8-27-16-32(29-20-49-52(6)21-29)33(37(44)45)17-36(27)56)50-30-22-55(23-30)31-9-13-53(14-10-31)41-47-18-28(19-48-41)39(58)51-40-42(2,3)25-43(40,4)5/h16-21,30-31,37,40,46,50H,7-15,22-25H2,1-6H3,(H,51,58). The molecule has 310 valence electrons. The van der Waals surface area contributed by atoms with Gasteiger partial charge in [0.1, 0.15) is 5.84 Å². The van der Waals surface area contributed by atoms with Crippen LogP contribution >= 0.6 is 0 Å². The lowest BCUT2D eigenvalue weighted by molar-refractivity contribution is -0.128. The number of nitrogens with one attached hydrogen (secondary N) is 3. The molecule has 0 radical (unpaired) electrons. The number of aromatic nitrogens is 4. The van der Waals surface area contributed by atoms with Gasteiger partial charge >= 0.3 is 0 Å². The number of carbonyl (C=O) groups excluding carboxylic acids is 2. The number of amides is 2. The van der Waals surface area contributed by atoms with E-state index in [9.17, 15) is 23.8 Å². The Bertz CT molecular complexity index is 2080. The number of halogens is 2. The highest BCUT2D eigenvalue weighted by molar-refractivity contribution is 6.09. The summed E-state index contributed by atoms with van der Waals surface area (Å²) in [6, 6.07) is 4.15. The second-order valence-electron chi connectivity index (χ2n) is 18.4. The number of hydrogen-bond donors (Lipinski definition) is 3. The Hall–Kier alpha value is -4.92. The molecule has 15 heteroatoms. The van der Waals surface area contributed by atoms with E-state index in [1.54, 1.807) is 54.4 Å². The van der Waals surface area contributed by atoms with Crippen LogP contribution in [0.2, 0.25) is 0 Å². The van der Waals surface area contributed by atoms with Crippen molar-refractivity contribution in [3.8, 4) is 11.1 Å². The average molecular weight is 798 g/mol. The van der Waals surface area contributed by atoms with Gasteiger partial charge in [0.05, 0.1) is 24.3 Å². The number of amidine groups is 1. The number of benzene rings is 1. The minimum Gasteiger partial charge on any atom is -0.383 e. The number of piperidine rings is 1. The van der Waals surface area contributed by atoms with Gasteiger partial charge in [-0.25, -0.2) is 18.7 Å². The molecule has 0 spiro atoms. The molecule has 13 nitrogen and oxygen atoms in total. The van der Waals surface area contributed by atoms with Crippen molar-refractivity contribution in [1.29, 1.82) is 5.41 Å². The molecule has 58 heavy (non-hydrogen) atoms. The molecule has 3 fully saturated rings. The molecule has 1 aromatic carbocycles. The fraction of sp³-hybridized carbons (Fsp3) is 0.581. The highest BCUT2D eigenvalue weighted by Gasteiger charge is 2.53. The first-order valence-corrected chi connectivity index (χ1v) is 20.7. The minimum atomic E-state index is -2.69. The predicted octanol–water partition coefficient (Wildman–Crippen LogP) is 5.55. The molecule has 6 heterocycles. The van der Waals surface area contributed by atoms with Gasteiger partial charge < -0.3 is 25.3 Å². The zero-order valence-electron chi connectivity index (χ0n) is 34.6. The van der Waals surface area contributed by atoms with E-state index < -0.39 is 6.43 Å². The van der Waals surface area contributed by atoms with Crippen LogP contribution < -0.4 is 20.4 Å². The van der Waals surface area contributed by atoms with E-state index in [1.807, 2.05) is 11.0 Å². The zero-order valence-corrected chi connectivity index (χ0v) is 34.6. The second kappa shape index (κ2) is 15.4. The van der Waals surface area contributed by atoms with Gasteiger partial charge in [0.15, 0.2) is 0 Å². The molecule has 0 bridgehead atoms. The Morgan fingerprint density at radius 2 is 1.67 bits per heavy atom. The summed E-state index contributed by atoms with van der Waals surface area (Å²) in [5.41, 5.74) is 4.92. The Kier molecular flexibility index (Phi) is 10.6. The molecule has 5 aliphatic rings. The van der Waals surface area contributed by atoms with E-state index in [1.165, 1.54) is 0 Å². The highest BCUT2D eigenvalue weighted by atomic mass is 19.3. The molecule has 2 amide bonds. The smallest absolute Gasteiger partial charge is 0.264 e. The molecule has 8 rings (SSSR count). The Morgan fingerprint density at radius 3 is 2.29 bits per heavy atom. The summed E-state index contributed by atoms with van der Waals surface area (Å²) in [5.74, 6) is 0.735. The average Bonchev–Trinajstić information content (AvgIpc) is 3.62. The first-order chi connectivity index (χ1) is 27.6. The van der Waals surface area contributed by atoms with Crippen molar-refractivity contribution in [2.75, 3.05) is 55.6 Å². The number of likely N-dealkylation sites (tertiary alicyclic amines) is 1. The number of carbonyl (C=O) groups is 2. The van der Waals surface area contributed by atoms with Gasteiger partial charge in [-0.3, -0.25) is 24.6 Å². The Balaban J connectivity index is 0.895.